The summed E-state index contributed by atoms with van der Waals surface area (Å²) in [4.78, 5) is 12.6. The number of nitrogens with one attached hydrogen (secondary N) is 1. The van der Waals surface area contributed by atoms with Gasteiger partial charge in [-0.3, -0.25) is 4.79 Å². The van der Waals surface area contributed by atoms with E-state index >= 15 is 0 Å². The van der Waals surface area contributed by atoms with Gasteiger partial charge in [0.15, 0.2) is 0 Å². The van der Waals surface area contributed by atoms with Gasteiger partial charge in [-0.15, -0.1) is 10.2 Å². The van der Waals surface area contributed by atoms with Gasteiger partial charge in [0.1, 0.15) is 18.1 Å². The van der Waals surface area contributed by atoms with Gasteiger partial charge in [-0.2, -0.15) is 0 Å². The first-order valence-electron chi connectivity index (χ1n) is 9.46. The Labute approximate surface area is 167 Å². The van der Waals surface area contributed by atoms with Crippen LogP contribution in [0, 0.1) is 11.7 Å². The number of hydrogen-bond acceptors (Lipinski definition) is 4. The molecule has 4 rings (SSSR count). The number of nitrogens with zero attached hydrogens (tertiary/aromatic N) is 3. The van der Waals surface area contributed by atoms with E-state index in [-0.39, 0.29) is 18.1 Å². The van der Waals surface area contributed by atoms with Crippen molar-refractivity contribution in [1.29, 1.82) is 0 Å². The molecule has 2 aromatic heterocycles. The second-order valence-electron chi connectivity index (χ2n) is 7.30. The van der Waals surface area contributed by atoms with E-state index in [0.717, 1.165) is 10.9 Å². The molecule has 0 saturated heterocycles. The van der Waals surface area contributed by atoms with Crippen LogP contribution in [0.3, 0.4) is 0 Å². The molecule has 0 fully saturated rings. The van der Waals surface area contributed by atoms with Crippen molar-refractivity contribution in [1.82, 2.24) is 14.8 Å². The molecule has 29 heavy (non-hydrogen) atoms. The summed E-state index contributed by atoms with van der Waals surface area (Å²) < 4.78 is 21.5. The summed E-state index contributed by atoms with van der Waals surface area (Å²) in [6.45, 7) is 4.14. The molecule has 7 heteroatoms. The van der Waals surface area contributed by atoms with E-state index in [9.17, 15) is 9.18 Å². The summed E-state index contributed by atoms with van der Waals surface area (Å²) in [5, 5.41) is 11.9. The van der Waals surface area contributed by atoms with E-state index in [1.165, 1.54) is 12.1 Å². The zero-order valence-corrected chi connectivity index (χ0v) is 16.2. The Morgan fingerprint density at radius 1 is 1.14 bits per heavy atom. The highest BCUT2D eigenvalue weighted by atomic mass is 19.1. The number of para-hydroxylation sites is 2. The second-order valence-corrected chi connectivity index (χ2v) is 7.30. The van der Waals surface area contributed by atoms with Crippen molar-refractivity contribution in [2.75, 3.05) is 5.32 Å². The SMILES string of the molecule is CC(C)Cc1nnc(-c2cc3ccccc3n2CC(=O)Nc2ccccc2F)o1. The second kappa shape index (κ2) is 7.87. The van der Waals surface area contributed by atoms with Crippen LogP contribution in [0.15, 0.2) is 59.0 Å². The van der Waals surface area contributed by atoms with Gasteiger partial charge in [0.05, 0.1) is 5.69 Å². The summed E-state index contributed by atoms with van der Waals surface area (Å²) in [7, 11) is 0. The van der Waals surface area contributed by atoms with Crippen LogP contribution in [0.4, 0.5) is 10.1 Å². The quantitative estimate of drug-likeness (QED) is 0.518. The molecule has 4 aromatic rings. The molecule has 148 valence electrons. The fourth-order valence-corrected chi connectivity index (χ4v) is 3.24. The van der Waals surface area contributed by atoms with Crippen LogP contribution in [-0.4, -0.2) is 20.7 Å². The summed E-state index contributed by atoms with van der Waals surface area (Å²) in [6, 6.07) is 15.7. The van der Waals surface area contributed by atoms with E-state index in [0.29, 0.717) is 29.8 Å². The van der Waals surface area contributed by atoms with Crippen molar-refractivity contribution in [3.05, 3.63) is 66.3 Å². The summed E-state index contributed by atoms with van der Waals surface area (Å²) in [5.74, 6) is 0.479. The third-order valence-electron chi connectivity index (χ3n) is 4.53. The molecule has 0 spiro atoms. The molecule has 0 atom stereocenters. The van der Waals surface area contributed by atoms with Crippen molar-refractivity contribution < 1.29 is 13.6 Å². The number of carbonyl (C=O) groups is 1. The topological polar surface area (TPSA) is 73.0 Å². The molecular formula is C22H21FN4O2. The Kier molecular flexibility index (Phi) is 5.12. The molecule has 2 heterocycles. The van der Waals surface area contributed by atoms with Gasteiger partial charge in [-0.25, -0.2) is 4.39 Å². The largest absolute Gasteiger partial charge is 0.419 e. The maximum absolute atomic E-state index is 13.9. The Morgan fingerprint density at radius 3 is 2.69 bits per heavy atom. The Bertz CT molecular complexity index is 1160. The highest BCUT2D eigenvalue weighted by molar-refractivity contribution is 5.93. The Balaban J connectivity index is 1.67. The number of rotatable bonds is 6. The zero-order chi connectivity index (χ0) is 20.4. The number of aromatic nitrogens is 3. The predicted molar refractivity (Wildman–Crippen MR) is 109 cm³/mol. The van der Waals surface area contributed by atoms with Crippen molar-refractivity contribution in [3.8, 4) is 11.6 Å². The molecule has 0 aliphatic heterocycles. The monoisotopic (exact) mass is 392 g/mol. The first kappa shape index (κ1) is 18.9. The first-order chi connectivity index (χ1) is 14.0. The van der Waals surface area contributed by atoms with E-state index in [1.807, 2.05) is 30.3 Å². The van der Waals surface area contributed by atoms with Gasteiger partial charge in [0.2, 0.25) is 11.8 Å². The van der Waals surface area contributed by atoms with Crippen LogP contribution in [0.5, 0.6) is 0 Å². The maximum Gasteiger partial charge on any atom is 0.264 e. The molecule has 6 nitrogen and oxygen atoms in total. The third kappa shape index (κ3) is 4.03. The number of anilines is 1. The molecule has 0 unspecified atom stereocenters. The van der Waals surface area contributed by atoms with Crippen molar-refractivity contribution >= 4 is 22.5 Å². The van der Waals surface area contributed by atoms with Gasteiger partial charge in [0.25, 0.3) is 5.89 Å². The zero-order valence-electron chi connectivity index (χ0n) is 16.2. The van der Waals surface area contributed by atoms with Crippen molar-refractivity contribution in [2.45, 2.75) is 26.8 Å². The highest BCUT2D eigenvalue weighted by Gasteiger charge is 2.19. The number of amides is 1. The van der Waals surface area contributed by atoms with Gasteiger partial charge < -0.3 is 14.3 Å². The summed E-state index contributed by atoms with van der Waals surface area (Å²) in [5.41, 5.74) is 1.65. The Morgan fingerprint density at radius 2 is 1.90 bits per heavy atom. The van der Waals surface area contributed by atoms with Gasteiger partial charge in [0, 0.05) is 17.3 Å². The van der Waals surface area contributed by atoms with Crippen LogP contribution >= 0.6 is 0 Å². The molecule has 0 radical (unpaired) electrons. The molecular weight excluding hydrogens is 371 g/mol. The molecule has 0 aliphatic rings. The van der Waals surface area contributed by atoms with Crippen molar-refractivity contribution in [3.63, 3.8) is 0 Å². The lowest BCUT2D eigenvalue weighted by Gasteiger charge is -2.10. The summed E-state index contributed by atoms with van der Waals surface area (Å²) >= 11 is 0. The lowest BCUT2D eigenvalue weighted by atomic mass is 10.1. The van der Waals surface area contributed by atoms with E-state index < -0.39 is 5.82 Å². The minimum Gasteiger partial charge on any atom is -0.419 e. The van der Waals surface area contributed by atoms with Gasteiger partial charge >= 0.3 is 0 Å². The van der Waals surface area contributed by atoms with E-state index in [1.54, 1.807) is 16.7 Å². The van der Waals surface area contributed by atoms with Crippen LogP contribution < -0.4 is 5.32 Å². The average molecular weight is 392 g/mol. The van der Waals surface area contributed by atoms with E-state index in [2.05, 4.69) is 29.4 Å². The minimum atomic E-state index is -0.478. The standard InChI is InChI=1S/C22H21FN4O2/c1-14(2)11-21-25-26-22(29-21)19-12-15-7-3-6-10-18(15)27(19)13-20(28)24-17-9-5-4-8-16(17)23/h3-10,12,14H,11,13H2,1-2H3,(H,24,28). The lowest BCUT2D eigenvalue weighted by Crippen LogP contribution is -2.19. The molecule has 2 aromatic carbocycles. The van der Waals surface area contributed by atoms with Crippen molar-refractivity contribution in [2.24, 2.45) is 5.92 Å². The molecule has 0 bridgehead atoms. The summed E-state index contributed by atoms with van der Waals surface area (Å²) in [6.07, 6.45) is 0.682. The Hall–Kier alpha value is -3.48. The number of benzene rings is 2. The van der Waals surface area contributed by atoms with Crippen LogP contribution in [-0.2, 0) is 17.8 Å². The fraction of sp³-hybridized carbons (Fsp3) is 0.227. The number of halogens is 1. The molecule has 0 aliphatic carbocycles. The molecule has 0 saturated carbocycles. The fourth-order valence-electron chi connectivity index (χ4n) is 3.24. The smallest absolute Gasteiger partial charge is 0.264 e. The third-order valence-corrected chi connectivity index (χ3v) is 4.53. The number of fused-ring (bicyclic) bond motifs is 1. The molecule has 1 amide bonds. The normalized spacial score (nSPS) is 11.3. The van der Waals surface area contributed by atoms with Gasteiger partial charge in [-0.1, -0.05) is 44.2 Å². The van der Waals surface area contributed by atoms with Crippen LogP contribution in [0.25, 0.3) is 22.5 Å². The first-order valence-corrected chi connectivity index (χ1v) is 9.46. The van der Waals surface area contributed by atoms with Crippen LogP contribution in [0.2, 0.25) is 0 Å². The van der Waals surface area contributed by atoms with Crippen LogP contribution in [0.1, 0.15) is 19.7 Å². The predicted octanol–water partition coefficient (Wildman–Crippen LogP) is 4.67. The number of carbonyl (C=O) groups excluding carboxylic acids is 1. The molecule has 1 N–H and O–H groups in total. The van der Waals surface area contributed by atoms with Gasteiger partial charge in [-0.05, 0) is 30.2 Å². The van der Waals surface area contributed by atoms with E-state index in [4.69, 9.17) is 4.42 Å². The minimum absolute atomic E-state index is 0.0148. The average Bonchev–Trinajstić information content (AvgIpc) is 3.28. The number of hydrogen-bond donors (Lipinski definition) is 1. The lowest BCUT2D eigenvalue weighted by molar-refractivity contribution is -0.116. The maximum atomic E-state index is 13.9. The highest BCUT2D eigenvalue weighted by Crippen LogP contribution is 2.28.